The van der Waals surface area contributed by atoms with Crippen LogP contribution in [-0.4, -0.2) is 33.0 Å². The van der Waals surface area contributed by atoms with Crippen molar-refractivity contribution < 1.29 is 52.5 Å². The maximum Gasteiger partial charge on any atom is 2.00 e. The van der Waals surface area contributed by atoms with Gasteiger partial charge in [-0.25, -0.2) is 0 Å². The van der Waals surface area contributed by atoms with Gasteiger partial charge in [-0.15, -0.1) is 34.9 Å². The summed E-state index contributed by atoms with van der Waals surface area (Å²) >= 11 is 0. The van der Waals surface area contributed by atoms with Crippen LogP contribution < -0.4 is 5.22 Å². The summed E-state index contributed by atoms with van der Waals surface area (Å²) < 4.78 is 80.7. The molecule has 0 spiro atoms. The topological polar surface area (TPSA) is 0 Å². The number of halogens is 6. The summed E-state index contributed by atoms with van der Waals surface area (Å²) in [5.74, 6) is -1.36. The molecule has 10 rings (SSSR count). The van der Waals surface area contributed by atoms with Crippen LogP contribution in [0.15, 0.2) is 194 Å². The Morgan fingerprint density at radius 1 is 0.662 bits per heavy atom. The summed E-state index contributed by atoms with van der Waals surface area (Å²) in [6, 6.07) is 68.3. The molecule has 8 aromatic rings. The van der Waals surface area contributed by atoms with Crippen molar-refractivity contribution in [3.8, 4) is 11.1 Å². The molecule has 0 aliphatic heterocycles. The number of allylic oxidation sites excluding steroid dienone is 2. The van der Waals surface area contributed by atoms with E-state index in [1.54, 1.807) is 30.3 Å². The molecule has 1 unspecified atom stereocenters. The van der Waals surface area contributed by atoms with Gasteiger partial charge in [0.2, 0.25) is 0 Å². The van der Waals surface area contributed by atoms with Crippen molar-refractivity contribution in [1.29, 1.82) is 0 Å². The first-order chi connectivity index (χ1) is 32.3. The normalized spacial score (nSPS) is 14.6. The molecule has 0 aromatic heterocycles. The van der Waals surface area contributed by atoms with Crippen molar-refractivity contribution in [2.45, 2.75) is 38.7 Å². The second-order valence-corrected chi connectivity index (χ2v) is 19.2. The summed E-state index contributed by atoms with van der Waals surface area (Å²) in [5, 5.41) is 1.05. The van der Waals surface area contributed by atoms with Crippen molar-refractivity contribution in [1.82, 2.24) is 0 Å². The molecule has 9 heteroatoms. The van der Waals surface area contributed by atoms with E-state index < -0.39 is 32.2 Å². The van der Waals surface area contributed by atoms with Crippen LogP contribution >= 0.6 is 0 Å². The number of rotatable bonds is 5. The van der Waals surface area contributed by atoms with Gasteiger partial charge in [0, 0.05) is 0 Å². The van der Waals surface area contributed by atoms with Gasteiger partial charge < -0.3 is 0 Å². The third-order valence-corrected chi connectivity index (χ3v) is 13.3. The van der Waals surface area contributed by atoms with Gasteiger partial charge in [-0.1, -0.05) is 167 Å². The first-order valence-corrected chi connectivity index (χ1v) is 24.5. The summed E-state index contributed by atoms with van der Waals surface area (Å²) in [5.41, 5.74) is 11.2. The Morgan fingerprint density at radius 2 is 1.22 bits per heavy atom. The zero-order chi connectivity index (χ0) is 47.1. The van der Waals surface area contributed by atoms with Gasteiger partial charge in [-0.05, 0) is 12.0 Å². The van der Waals surface area contributed by atoms with Gasteiger partial charge in [-0.2, -0.15) is 29.8 Å². The smallest absolute Gasteiger partial charge is 0.179 e. The third-order valence-electron chi connectivity index (χ3n) is 11.9. The molecule has 2 aliphatic carbocycles. The second kappa shape index (κ2) is 22.0. The largest absolute Gasteiger partial charge is 2.00 e. The monoisotopic (exact) mass is 996 g/mol. The van der Waals surface area contributed by atoms with Crippen LogP contribution in [0.25, 0.3) is 44.7 Å². The molecule has 0 radical (unpaired) electrons. The zero-order valence-electron chi connectivity index (χ0n) is 37.7. The van der Waals surface area contributed by atoms with E-state index in [9.17, 15) is 26.3 Å². The summed E-state index contributed by atoms with van der Waals surface area (Å²) in [7, 11) is -1.34. The number of hydrogen-bond acceptors (Lipinski definition) is 0. The SMILES string of the molecule is CC1C(=BC(F)(F)F)c2c(c(=[Si](C)C)cc3ccccc23)=C1C(F)(F)F.[C-](=C(C(=Cc1ccccc1)c1ccccc1)c1ccccc1)c1ccccc1.[Zr+2].[c-]1cccc2c1Cc1ccccc1-2. The van der Waals surface area contributed by atoms with Gasteiger partial charge in [-0.3, -0.25) is 0 Å². The molecule has 0 bridgehead atoms. The molecule has 0 saturated carbocycles. The molecule has 0 heterocycles. The predicted molar refractivity (Wildman–Crippen MR) is 267 cm³/mol. The standard InChI is InChI=1S/C28H21.C18H15BF6Si.C13H9.Zr/c1-5-13-23(14-6-1)21-27(25-17-9-3-10-18-25)28(26-19-11-4-12-20-26)22-24-15-7-2-8-16-24;1-9-15(17(20,21)22)14-12(26(2)3)8-10-6-4-5-7-11(10)13(14)16(9)19-18(23,24)25;1-3-7-12-10(5-1)9-11-6-2-4-8-13(11)12;/h1-21H;4-9H,1-3H3;1-5,7-8H,9H2;/q-1;;-1;+2. The fourth-order valence-corrected chi connectivity index (χ4v) is 10.1. The molecule has 0 amide bonds. The summed E-state index contributed by atoms with van der Waals surface area (Å²) in [4.78, 5) is 0.522. The van der Waals surface area contributed by atoms with Crippen molar-refractivity contribution in [3.63, 3.8) is 0 Å². The molecule has 8 aromatic carbocycles. The minimum absolute atomic E-state index is 0. The van der Waals surface area contributed by atoms with Crippen LogP contribution in [-0.2, 0) is 32.6 Å². The van der Waals surface area contributed by atoms with E-state index >= 15 is 0 Å². The van der Waals surface area contributed by atoms with E-state index in [-0.39, 0.29) is 49.4 Å². The van der Waals surface area contributed by atoms with Crippen LogP contribution in [0.1, 0.15) is 45.9 Å². The molecule has 2 aliphatic rings. The Morgan fingerprint density at radius 3 is 1.85 bits per heavy atom. The Bertz CT molecular complexity index is 3110. The fourth-order valence-electron chi connectivity index (χ4n) is 8.87. The van der Waals surface area contributed by atoms with Crippen LogP contribution in [0.5, 0.6) is 0 Å². The van der Waals surface area contributed by atoms with Crippen molar-refractivity contribution in [2.75, 3.05) is 0 Å². The molecule has 0 fully saturated rings. The van der Waals surface area contributed by atoms with Crippen LogP contribution in [0, 0.1) is 22.9 Å². The Labute approximate surface area is 415 Å². The van der Waals surface area contributed by atoms with Crippen molar-refractivity contribution >= 4 is 54.4 Å². The van der Waals surface area contributed by atoms with E-state index in [0.717, 1.165) is 28.7 Å². The molecule has 0 saturated heterocycles. The maximum absolute atomic E-state index is 13.8. The third kappa shape index (κ3) is 11.6. The quantitative estimate of drug-likeness (QED) is 0.0530. The van der Waals surface area contributed by atoms with Gasteiger partial charge in [0.25, 0.3) is 0 Å². The molecule has 0 N–H and O–H groups in total. The minimum atomic E-state index is -4.69. The van der Waals surface area contributed by atoms with Gasteiger partial charge in [0.05, 0.1) is 0 Å². The molecule has 1 atom stereocenters. The van der Waals surface area contributed by atoms with E-state index in [2.05, 4.69) is 146 Å². The van der Waals surface area contributed by atoms with Crippen LogP contribution in [0.4, 0.5) is 26.3 Å². The maximum atomic E-state index is 13.8. The Hall–Kier alpha value is -6.02. The van der Waals surface area contributed by atoms with E-state index in [0.29, 0.717) is 15.6 Å². The molecule has 0 nitrogen and oxygen atoms in total. The predicted octanol–water partition coefficient (Wildman–Crippen LogP) is 14.8. The van der Waals surface area contributed by atoms with Crippen LogP contribution in [0.2, 0.25) is 13.1 Å². The van der Waals surface area contributed by atoms with E-state index in [1.165, 1.54) is 40.3 Å². The number of alkyl halides is 6. The van der Waals surface area contributed by atoms with Crippen LogP contribution in [0.3, 0.4) is 0 Å². The fraction of sp³-hybridized carbons (Fsp3) is 0.119. The second-order valence-electron chi connectivity index (χ2n) is 16.6. The van der Waals surface area contributed by atoms with E-state index in [4.69, 9.17) is 0 Å². The average Bonchev–Trinajstić information content (AvgIpc) is 3.85. The Kier molecular flexibility index (Phi) is 16.1. The molecule has 68 heavy (non-hydrogen) atoms. The zero-order valence-corrected chi connectivity index (χ0v) is 41.1. The summed E-state index contributed by atoms with van der Waals surface area (Å²) in [6.45, 7) is 4.93. The average molecular weight is 998 g/mol. The summed E-state index contributed by atoms with van der Waals surface area (Å²) in [6.07, 6.45) is -2.43. The first-order valence-electron chi connectivity index (χ1n) is 22.0. The number of fused-ring (bicyclic) bond motifs is 6. The Balaban J connectivity index is 0.000000159. The van der Waals surface area contributed by atoms with Gasteiger partial charge in [0.15, 0.2) is 0 Å². The minimum Gasteiger partial charge on any atom is -0.179 e. The number of hydrogen-bond donors (Lipinski definition) is 0. The number of benzene rings is 8. The van der Waals surface area contributed by atoms with Gasteiger partial charge >= 0.3 is 174 Å². The van der Waals surface area contributed by atoms with Crippen molar-refractivity contribution in [3.05, 3.63) is 255 Å². The van der Waals surface area contributed by atoms with Gasteiger partial charge in [0.1, 0.15) is 0 Å². The molecule has 334 valence electrons. The van der Waals surface area contributed by atoms with Crippen molar-refractivity contribution in [2.24, 2.45) is 5.92 Å². The van der Waals surface area contributed by atoms with E-state index in [1.807, 2.05) is 49.5 Å². The molecular weight excluding hydrogens is 953 g/mol. The first kappa shape index (κ1) is 49.9. The molecular formula is C59H45BF6SiZr.